The third-order valence-electron chi connectivity index (χ3n) is 5.87. The molecule has 172 valence electrons. The molecule has 2 N–H and O–H groups in total. The number of carbonyl (C=O) groups is 1. The summed E-state index contributed by atoms with van der Waals surface area (Å²) in [5.74, 6) is 0.938. The summed E-state index contributed by atoms with van der Waals surface area (Å²) in [5, 5.41) is 10.1. The van der Waals surface area contributed by atoms with Crippen LogP contribution in [0.25, 0.3) is 0 Å². The van der Waals surface area contributed by atoms with E-state index in [4.69, 9.17) is 19.9 Å². The van der Waals surface area contributed by atoms with Gasteiger partial charge in [-0.15, -0.1) is 0 Å². The van der Waals surface area contributed by atoms with Crippen molar-refractivity contribution in [3.8, 4) is 17.6 Å². The Morgan fingerprint density at radius 3 is 2.62 bits per heavy atom. The van der Waals surface area contributed by atoms with Gasteiger partial charge >= 0.3 is 0 Å². The van der Waals surface area contributed by atoms with E-state index in [2.05, 4.69) is 35.8 Å². The van der Waals surface area contributed by atoms with Crippen molar-refractivity contribution in [2.75, 3.05) is 34.0 Å². The lowest BCUT2D eigenvalue weighted by Gasteiger charge is -2.43. The van der Waals surface area contributed by atoms with Crippen LogP contribution in [0.5, 0.6) is 11.5 Å². The fourth-order valence-corrected chi connectivity index (χ4v) is 5.18. The van der Waals surface area contributed by atoms with Crippen LogP contribution in [0.4, 0.5) is 0 Å². The van der Waals surface area contributed by atoms with Gasteiger partial charge in [-0.1, -0.05) is 13.8 Å². The Bertz CT molecular complexity index is 1020. The number of ether oxygens (including phenoxy) is 3. The van der Waals surface area contributed by atoms with Crippen molar-refractivity contribution < 1.29 is 19.0 Å². The minimum Gasteiger partial charge on any atom is -0.492 e. The van der Waals surface area contributed by atoms with Gasteiger partial charge in [-0.25, -0.2) is 0 Å². The first-order chi connectivity index (χ1) is 15.2. The minimum absolute atomic E-state index is 0.0359. The lowest BCUT2D eigenvalue weighted by atomic mass is 9.68. The molecule has 0 spiro atoms. The van der Waals surface area contributed by atoms with Crippen LogP contribution < -0.4 is 15.2 Å². The first kappa shape index (κ1) is 24.1. The number of benzene rings is 1. The summed E-state index contributed by atoms with van der Waals surface area (Å²) in [6.45, 7) is 7.40. The smallest absolute Gasteiger partial charge is 0.174 e. The largest absolute Gasteiger partial charge is 0.492 e. The predicted molar refractivity (Wildman–Crippen MR) is 125 cm³/mol. The summed E-state index contributed by atoms with van der Waals surface area (Å²) in [6, 6.07) is 5.99. The molecule has 0 bridgehead atoms. The summed E-state index contributed by atoms with van der Waals surface area (Å²) < 4.78 is 17.2. The van der Waals surface area contributed by atoms with Crippen LogP contribution in [0.2, 0.25) is 0 Å². The van der Waals surface area contributed by atoms with Crippen LogP contribution in [-0.4, -0.2) is 44.7 Å². The molecule has 1 aliphatic carbocycles. The van der Waals surface area contributed by atoms with Crippen molar-refractivity contribution >= 4 is 21.7 Å². The summed E-state index contributed by atoms with van der Waals surface area (Å²) in [7, 11) is 3.19. The zero-order valence-electron chi connectivity index (χ0n) is 19.3. The van der Waals surface area contributed by atoms with Crippen molar-refractivity contribution in [2.24, 2.45) is 11.1 Å². The Morgan fingerprint density at radius 2 is 2.03 bits per heavy atom. The van der Waals surface area contributed by atoms with Crippen LogP contribution in [0, 0.1) is 16.7 Å². The number of hydrogen-bond donors (Lipinski definition) is 1. The molecule has 1 heterocycles. The maximum absolute atomic E-state index is 13.5. The summed E-state index contributed by atoms with van der Waals surface area (Å²) in [4.78, 5) is 15.4. The molecule has 0 fully saturated rings. The SMILES string of the molecule is CCOc1cc([C@H]2C(C#N)=C(N)N(CCOC)C3=C2C(=O)CC(C)(C)C3)cc(Br)c1OC. The summed E-state index contributed by atoms with van der Waals surface area (Å²) >= 11 is 3.56. The molecule has 2 aliphatic rings. The van der Waals surface area contributed by atoms with E-state index in [1.807, 2.05) is 24.0 Å². The van der Waals surface area contributed by atoms with E-state index < -0.39 is 5.92 Å². The van der Waals surface area contributed by atoms with Crippen molar-refractivity contribution in [2.45, 2.75) is 39.5 Å². The van der Waals surface area contributed by atoms with Gasteiger partial charge in [0.25, 0.3) is 0 Å². The van der Waals surface area contributed by atoms with Crippen LogP contribution in [-0.2, 0) is 9.53 Å². The quantitative estimate of drug-likeness (QED) is 0.593. The third-order valence-corrected chi connectivity index (χ3v) is 6.46. The average molecular weight is 504 g/mol. The molecular weight excluding hydrogens is 474 g/mol. The zero-order valence-corrected chi connectivity index (χ0v) is 20.8. The first-order valence-corrected chi connectivity index (χ1v) is 11.4. The van der Waals surface area contributed by atoms with E-state index in [1.54, 1.807) is 14.2 Å². The highest BCUT2D eigenvalue weighted by molar-refractivity contribution is 9.10. The fourth-order valence-electron chi connectivity index (χ4n) is 4.56. The summed E-state index contributed by atoms with van der Waals surface area (Å²) in [5.41, 5.74) is 8.96. The molecule has 1 aliphatic heterocycles. The van der Waals surface area contributed by atoms with Gasteiger partial charge in [0, 0.05) is 31.3 Å². The second-order valence-electron chi connectivity index (χ2n) is 8.76. The number of ketones is 1. The lowest BCUT2D eigenvalue weighted by molar-refractivity contribution is -0.118. The third kappa shape index (κ3) is 4.37. The van der Waals surface area contributed by atoms with Crippen LogP contribution in [0.3, 0.4) is 0 Å². The van der Waals surface area contributed by atoms with E-state index in [-0.39, 0.29) is 11.2 Å². The summed E-state index contributed by atoms with van der Waals surface area (Å²) in [6.07, 6.45) is 1.10. The topological polar surface area (TPSA) is 97.8 Å². The maximum atomic E-state index is 13.5. The van der Waals surface area contributed by atoms with Crippen LogP contribution >= 0.6 is 15.9 Å². The Labute approximate surface area is 197 Å². The number of carbonyl (C=O) groups excluding carboxylic acids is 1. The van der Waals surface area contributed by atoms with E-state index in [9.17, 15) is 10.1 Å². The Balaban J connectivity index is 2.26. The van der Waals surface area contributed by atoms with Gasteiger partial charge in [-0.2, -0.15) is 5.26 Å². The number of hydrogen-bond acceptors (Lipinski definition) is 7. The maximum Gasteiger partial charge on any atom is 0.174 e. The van der Waals surface area contributed by atoms with Gasteiger partial charge in [-0.3, -0.25) is 4.79 Å². The molecule has 0 saturated heterocycles. The second-order valence-corrected chi connectivity index (χ2v) is 9.61. The second kappa shape index (κ2) is 9.55. The number of allylic oxidation sites excluding steroid dienone is 3. The zero-order chi connectivity index (χ0) is 23.6. The molecule has 0 amide bonds. The molecule has 0 unspecified atom stereocenters. The molecule has 1 aromatic carbocycles. The molecule has 8 heteroatoms. The van der Waals surface area contributed by atoms with Crippen molar-refractivity contribution in [1.29, 1.82) is 5.26 Å². The van der Waals surface area contributed by atoms with Gasteiger partial charge in [0.2, 0.25) is 0 Å². The fraction of sp³-hybridized carbons (Fsp3) is 0.500. The number of nitrogens with two attached hydrogens (primary N) is 1. The number of nitriles is 1. The average Bonchev–Trinajstić information content (AvgIpc) is 2.71. The van der Waals surface area contributed by atoms with Crippen molar-refractivity contribution in [1.82, 2.24) is 4.90 Å². The number of halogens is 1. The van der Waals surface area contributed by atoms with Crippen LogP contribution in [0.1, 0.15) is 45.1 Å². The molecule has 1 atom stereocenters. The minimum atomic E-state index is -0.571. The Hall–Kier alpha value is -2.50. The number of nitrogens with zero attached hydrogens (tertiary/aromatic N) is 2. The predicted octanol–water partition coefficient (Wildman–Crippen LogP) is 4.24. The van der Waals surface area contributed by atoms with Gasteiger partial charge in [0.05, 0.1) is 42.4 Å². The highest BCUT2D eigenvalue weighted by atomic mass is 79.9. The number of rotatable bonds is 7. The van der Waals surface area contributed by atoms with E-state index in [0.29, 0.717) is 65.5 Å². The molecular formula is C24H30BrN3O4. The molecule has 32 heavy (non-hydrogen) atoms. The van der Waals surface area contributed by atoms with Crippen molar-refractivity contribution in [3.05, 3.63) is 44.8 Å². The van der Waals surface area contributed by atoms with E-state index in [1.165, 1.54) is 0 Å². The van der Waals surface area contributed by atoms with Gasteiger partial charge in [-0.05, 0) is 52.4 Å². The van der Waals surface area contributed by atoms with Gasteiger partial charge < -0.3 is 24.8 Å². The van der Waals surface area contributed by atoms with Crippen molar-refractivity contribution in [3.63, 3.8) is 0 Å². The molecule has 1 aromatic rings. The highest BCUT2D eigenvalue weighted by Gasteiger charge is 2.44. The van der Waals surface area contributed by atoms with E-state index >= 15 is 0 Å². The Kier molecular flexibility index (Phi) is 7.21. The molecule has 0 aromatic heterocycles. The highest BCUT2D eigenvalue weighted by Crippen LogP contribution is 2.50. The first-order valence-electron chi connectivity index (χ1n) is 10.6. The van der Waals surface area contributed by atoms with Gasteiger partial charge in [0.1, 0.15) is 5.82 Å². The Morgan fingerprint density at radius 1 is 1.31 bits per heavy atom. The number of Topliss-reactive ketones (excluding diaryl/α,β-unsaturated/α-hetero) is 1. The van der Waals surface area contributed by atoms with Crippen LogP contribution in [0.15, 0.2) is 39.3 Å². The molecule has 7 nitrogen and oxygen atoms in total. The lowest BCUT2D eigenvalue weighted by Crippen LogP contribution is -2.43. The molecule has 0 saturated carbocycles. The van der Waals surface area contributed by atoms with Gasteiger partial charge in [0.15, 0.2) is 17.3 Å². The molecule has 3 rings (SSSR count). The van der Waals surface area contributed by atoms with E-state index in [0.717, 1.165) is 11.3 Å². The number of methoxy groups -OCH3 is 2. The monoisotopic (exact) mass is 503 g/mol. The standard InChI is InChI=1S/C24H30BrN3O4/c1-6-32-19-10-14(9-16(25)22(19)31-5)20-15(13-26)23(27)28(7-8-30-4)17-11-24(2,3)12-18(29)21(17)20/h9-10,20H,6-8,11-12,27H2,1-5H3/t20-/m0/s1. The molecule has 0 radical (unpaired) electrons. The normalized spacial score (nSPS) is 20.2.